The van der Waals surface area contributed by atoms with Gasteiger partial charge in [-0.25, -0.2) is 8.42 Å². The maximum atomic E-state index is 11.9. The van der Waals surface area contributed by atoms with Crippen LogP contribution >= 0.6 is 0 Å². The molecule has 1 aromatic rings. The molecule has 1 N–H and O–H groups in total. The van der Waals surface area contributed by atoms with Crippen molar-refractivity contribution in [2.24, 2.45) is 0 Å². The number of rotatable bonds is 3. The molecule has 1 aromatic carbocycles. The van der Waals surface area contributed by atoms with E-state index in [9.17, 15) is 23.1 Å². The Kier molecular flexibility index (Phi) is 3.80. The molecule has 0 spiro atoms. The van der Waals surface area contributed by atoms with Crippen molar-refractivity contribution in [2.45, 2.75) is 12.5 Å². The molecule has 0 radical (unpaired) electrons. The first-order valence-electron chi connectivity index (χ1n) is 6.04. The molecule has 0 bridgehead atoms. The van der Waals surface area contributed by atoms with Crippen LogP contribution in [0.25, 0.3) is 0 Å². The Morgan fingerprint density at radius 2 is 2.00 bits per heavy atom. The number of aliphatic carboxylic acids is 1. The highest BCUT2D eigenvalue weighted by Crippen LogP contribution is 2.28. The van der Waals surface area contributed by atoms with E-state index in [1.807, 2.05) is 0 Å². The fourth-order valence-electron chi connectivity index (χ4n) is 2.32. The molecule has 0 aromatic heterocycles. The Morgan fingerprint density at radius 3 is 2.60 bits per heavy atom. The Hall–Kier alpha value is -1.89. The summed E-state index contributed by atoms with van der Waals surface area (Å²) in [5.74, 6) is -2.99. The highest BCUT2D eigenvalue weighted by Gasteiger charge is 2.33. The van der Waals surface area contributed by atoms with Crippen molar-refractivity contribution in [3.63, 3.8) is 0 Å². The predicted molar refractivity (Wildman–Crippen MR) is 71.9 cm³/mol. The molecule has 6 nitrogen and oxygen atoms in total. The van der Waals surface area contributed by atoms with Gasteiger partial charge >= 0.3 is 5.97 Å². The molecule has 108 valence electrons. The van der Waals surface area contributed by atoms with E-state index in [1.165, 1.54) is 4.90 Å². The number of benzene rings is 1. The molecule has 1 unspecified atom stereocenters. The molecule has 1 aliphatic heterocycles. The van der Waals surface area contributed by atoms with Crippen molar-refractivity contribution < 1.29 is 23.1 Å². The predicted octanol–water partition coefficient (Wildman–Crippen LogP) is 0.242. The van der Waals surface area contributed by atoms with Crippen molar-refractivity contribution in [1.29, 1.82) is 0 Å². The summed E-state index contributed by atoms with van der Waals surface area (Å²) < 4.78 is 22.4. The van der Waals surface area contributed by atoms with Gasteiger partial charge in [-0.1, -0.05) is 24.3 Å². The van der Waals surface area contributed by atoms with E-state index >= 15 is 0 Å². The van der Waals surface area contributed by atoms with Crippen LogP contribution in [0.4, 0.5) is 0 Å². The Bertz CT molecular complexity index is 652. The lowest BCUT2D eigenvalue weighted by Gasteiger charge is -2.32. The van der Waals surface area contributed by atoms with Crippen molar-refractivity contribution in [3.05, 3.63) is 35.4 Å². The Balaban J connectivity index is 2.29. The van der Waals surface area contributed by atoms with Gasteiger partial charge in [-0.3, -0.25) is 9.59 Å². The third kappa shape index (κ3) is 3.16. The standard InChI is InChI=1S/C13H15NO5S/c1-20(18,19)8-12(15)14-6-9-4-2-3-5-10(9)11(7-14)13(16)17/h2-5,11H,6-8H2,1H3,(H,16,17). The molecular formula is C13H15NO5S. The number of carbonyl (C=O) groups excluding carboxylic acids is 1. The van der Waals surface area contributed by atoms with E-state index in [-0.39, 0.29) is 13.1 Å². The first kappa shape index (κ1) is 14.5. The van der Waals surface area contributed by atoms with Gasteiger partial charge in [0, 0.05) is 19.3 Å². The molecule has 1 aliphatic rings. The summed E-state index contributed by atoms with van der Waals surface area (Å²) in [4.78, 5) is 24.6. The zero-order valence-electron chi connectivity index (χ0n) is 10.9. The van der Waals surface area contributed by atoms with Gasteiger partial charge < -0.3 is 10.0 Å². The van der Waals surface area contributed by atoms with Gasteiger partial charge in [0.15, 0.2) is 9.84 Å². The SMILES string of the molecule is CS(=O)(=O)CC(=O)N1Cc2ccccc2C(C(=O)O)C1. The zero-order valence-corrected chi connectivity index (χ0v) is 11.8. The van der Waals surface area contributed by atoms with E-state index in [1.54, 1.807) is 24.3 Å². The first-order chi connectivity index (χ1) is 9.28. The highest BCUT2D eigenvalue weighted by atomic mass is 32.2. The van der Waals surface area contributed by atoms with Crippen molar-refractivity contribution in [1.82, 2.24) is 4.90 Å². The van der Waals surface area contributed by atoms with Gasteiger partial charge in [0.25, 0.3) is 0 Å². The Labute approximate surface area is 116 Å². The first-order valence-corrected chi connectivity index (χ1v) is 8.10. The van der Waals surface area contributed by atoms with E-state index in [0.29, 0.717) is 5.56 Å². The quantitative estimate of drug-likeness (QED) is 0.863. The number of sulfone groups is 1. The van der Waals surface area contributed by atoms with Crippen LogP contribution in [-0.2, 0) is 26.0 Å². The summed E-state index contributed by atoms with van der Waals surface area (Å²) in [6.07, 6.45) is 0.984. The average molecular weight is 297 g/mol. The van der Waals surface area contributed by atoms with Crippen molar-refractivity contribution in [3.8, 4) is 0 Å². The maximum Gasteiger partial charge on any atom is 0.312 e. The van der Waals surface area contributed by atoms with Gasteiger partial charge in [-0.2, -0.15) is 0 Å². The average Bonchev–Trinajstić information content (AvgIpc) is 2.35. The van der Waals surface area contributed by atoms with E-state index < -0.39 is 33.4 Å². The third-order valence-corrected chi connectivity index (χ3v) is 4.00. The Morgan fingerprint density at radius 1 is 1.35 bits per heavy atom. The number of carbonyl (C=O) groups is 2. The molecule has 1 heterocycles. The molecule has 1 amide bonds. The number of hydrogen-bond acceptors (Lipinski definition) is 4. The van der Waals surface area contributed by atoms with Crippen LogP contribution < -0.4 is 0 Å². The molecule has 0 saturated carbocycles. The summed E-state index contributed by atoms with van der Waals surface area (Å²) >= 11 is 0. The molecule has 0 saturated heterocycles. The number of hydrogen-bond donors (Lipinski definition) is 1. The largest absolute Gasteiger partial charge is 0.481 e. The van der Waals surface area contributed by atoms with Gasteiger partial charge in [-0.05, 0) is 11.1 Å². The van der Waals surface area contributed by atoms with Crippen LogP contribution in [0.5, 0.6) is 0 Å². The van der Waals surface area contributed by atoms with Crippen molar-refractivity contribution >= 4 is 21.7 Å². The van der Waals surface area contributed by atoms with Crippen LogP contribution in [0.3, 0.4) is 0 Å². The van der Waals surface area contributed by atoms with Crippen molar-refractivity contribution in [2.75, 3.05) is 18.6 Å². The lowest BCUT2D eigenvalue weighted by Crippen LogP contribution is -2.42. The smallest absolute Gasteiger partial charge is 0.312 e. The maximum absolute atomic E-state index is 11.9. The van der Waals surface area contributed by atoms with E-state index in [4.69, 9.17) is 0 Å². The van der Waals surface area contributed by atoms with Crippen LogP contribution in [-0.4, -0.2) is 48.9 Å². The molecule has 0 fully saturated rings. The molecule has 1 atom stereocenters. The third-order valence-electron chi connectivity index (χ3n) is 3.23. The minimum Gasteiger partial charge on any atom is -0.481 e. The number of nitrogens with zero attached hydrogens (tertiary/aromatic N) is 1. The minimum absolute atomic E-state index is 0.000694. The van der Waals surface area contributed by atoms with Crippen LogP contribution in [0.15, 0.2) is 24.3 Å². The normalized spacial score (nSPS) is 18.4. The summed E-state index contributed by atoms with van der Waals surface area (Å²) in [6.45, 7) is 0.245. The molecule has 2 rings (SSSR count). The fourth-order valence-corrected chi connectivity index (χ4v) is 2.95. The lowest BCUT2D eigenvalue weighted by atomic mass is 9.90. The summed E-state index contributed by atoms with van der Waals surface area (Å²) in [5.41, 5.74) is 1.43. The van der Waals surface area contributed by atoms with E-state index in [2.05, 4.69) is 0 Å². The van der Waals surface area contributed by atoms with Gasteiger partial charge in [0.2, 0.25) is 5.91 Å². The van der Waals surface area contributed by atoms with Gasteiger partial charge in [0.05, 0.1) is 5.92 Å². The highest BCUT2D eigenvalue weighted by molar-refractivity contribution is 7.91. The lowest BCUT2D eigenvalue weighted by molar-refractivity contribution is -0.140. The topological polar surface area (TPSA) is 91.8 Å². The zero-order chi connectivity index (χ0) is 14.9. The second kappa shape index (κ2) is 5.24. The monoisotopic (exact) mass is 297 g/mol. The molecule has 20 heavy (non-hydrogen) atoms. The molecular weight excluding hydrogens is 282 g/mol. The number of amides is 1. The van der Waals surface area contributed by atoms with Crippen LogP contribution in [0, 0.1) is 0 Å². The van der Waals surface area contributed by atoms with Gasteiger partial charge in [-0.15, -0.1) is 0 Å². The van der Waals surface area contributed by atoms with Gasteiger partial charge in [0.1, 0.15) is 5.75 Å². The molecule has 7 heteroatoms. The summed E-state index contributed by atoms with van der Waals surface area (Å²) in [5, 5.41) is 9.26. The molecule has 0 aliphatic carbocycles. The fraction of sp³-hybridized carbons (Fsp3) is 0.385. The summed E-state index contributed by atoms with van der Waals surface area (Å²) in [7, 11) is -3.43. The summed E-state index contributed by atoms with van der Waals surface area (Å²) in [6, 6.07) is 7.00. The minimum atomic E-state index is -3.43. The number of fused-ring (bicyclic) bond motifs is 1. The van der Waals surface area contributed by atoms with Crippen LogP contribution in [0.1, 0.15) is 17.0 Å². The van der Waals surface area contributed by atoms with E-state index in [0.717, 1.165) is 11.8 Å². The second-order valence-corrected chi connectivity index (χ2v) is 7.07. The van der Waals surface area contributed by atoms with Crippen LogP contribution in [0.2, 0.25) is 0 Å². The number of carboxylic acid groups (broad SMARTS) is 1. The number of carboxylic acids is 1. The second-order valence-electron chi connectivity index (χ2n) is 4.93.